The van der Waals surface area contributed by atoms with E-state index in [2.05, 4.69) is 0 Å². The zero-order valence-electron chi connectivity index (χ0n) is 14.1. The summed E-state index contributed by atoms with van der Waals surface area (Å²) in [6, 6.07) is 19.6. The molecule has 0 aromatic heterocycles. The third kappa shape index (κ3) is 5.31. The third-order valence-corrected chi connectivity index (χ3v) is 5.38. The van der Waals surface area contributed by atoms with Crippen molar-refractivity contribution >= 4 is 19.7 Å². The monoisotopic (exact) mass is 342 g/mol. The molecular weight excluding hydrogens is 319 g/mol. The molecule has 0 fully saturated rings. The van der Waals surface area contributed by atoms with Gasteiger partial charge in [-0.3, -0.25) is 4.57 Å². The van der Waals surface area contributed by atoms with Crippen LogP contribution in [-0.2, 0) is 13.6 Å². The van der Waals surface area contributed by atoms with Gasteiger partial charge in [-0.2, -0.15) is 0 Å². The Kier molecular flexibility index (Phi) is 7.20. The molecule has 4 heteroatoms. The molecule has 0 atom stereocenters. The summed E-state index contributed by atoms with van der Waals surface area (Å²) in [6.07, 6.45) is 5.58. The molecule has 0 aliphatic carbocycles. The standard InChI is InChI=1S/C20H23O3P/c1-3-22-24(21,23-4-2)20(17-19-13-9-6-10-14-19)16-15-18-11-7-5-8-12-18/h5-17H,3-4H2,1-2H3/b16-15+,20-17+. The van der Waals surface area contributed by atoms with Crippen molar-refractivity contribution in [2.45, 2.75) is 13.8 Å². The van der Waals surface area contributed by atoms with Crippen molar-refractivity contribution in [3.63, 3.8) is 0 Å². The Morgan fingerprint density at radius 2 is 1.38 bits per heavy atom. The highest BCUT2D eigenvalue weighted by Gasteiger charge is 2.27. The molecule has 0 aliphatic rings. The summed E-state index contributed by atoms with van der Waals surface area (Å²) in [7, 11) is -3.36. The minimum Gasteiger partial charge on any atom is -0.305 e. The lowest BCUT2D eigenvalue weighted by atomic mass is 10.2. The van der Waals surface area contributed by atoms with E-state index in [4.69, 9.17) is 9.05 Å². The molecule has 2 rings (SSSR count). The number of benzene rings is 2. The molecule has 24 heavy (non-hydrogen) atoms. The van der Waals surface area contributed by atoms with Crippen LogP contribution in [0.15, 0.2) is 72.1 Å². The van der Waals surface area contributed by atoms with Gasteiger partial charge in [-0.1, -0.05) is 66.7 Å². The molecule has 2 aromatic rings. The van der Waals surface area contributed by atoms with E-state index in [0.29, 0.717) is 18.5 Å². The first-order valence-electron chi connectivity index (χ1n) is 8.07. The maximum atomic E-state index is 13.2. The predicted molar refractivity (Wildman–Crippen MR) is 101 cm³/mol. The minimum atomic E-state index is -3.36. The van der Waals surface area contributed by atoms with Gasteiger partial charge >= 0.3 is 7.60 Å². The zero-order valence-corrected chi connectivity index (χ0v) is 15.0. The lowest BCUT2D eigenvalue weighted by Crippen LogP contribution is -1.97. The Balaban J connectivity index is 2.42. The molecule has 0 unspecified atom stereocenters. The quantitative estimate of drug-likeness (QED) is 0.435. The Bertz CT molecular complexity index is 711. The van der Waals surface area contributed by atoms with Gasteiger partial charge in [-0.25, -0.2) is 0 Å². The van der Waals surface area contributed by atoms with Gasteiger partial charge in [0.15, 0.2) is 0 Å². The summed E-state index contributed by atoms with van der Waals surface area (Å²) in [5, 5.41) is 0.543. The fourth-order valence-corrected chi connectivity index (χ4v) is 3.83. The molecular formula is C20H23O3P. The van der Waals surface area contributed by atoms with Crippen LogP contribution in [0.1, 0.15) is 25.0 Å². The molecule has 0 spiro atoms. The molecule has 2 aromatic carbocycles. The van der Waals surface area contributed by atoms with Crippen LogP contribution in [-0.4, -0.2) is 13.2 Å². The Morgan fingerprint density at radius 3 is 1.88 bits per heavy atom. The average Bonchev–Trinajstić information content (AvgIpc) is 2.61. The molecule has 0 radical (unpaired) electrons. The summed E-state index contributed by atoms with van der Waals surface area (Å²) in [4.78, 5) is 0. The van der Waals surface area contributed by atoms with E-state index in [1.54, 1.807) is 0 Å². The number of hydrogen-bond acceptors (Lipinski definition) is 3. The van der Waals surface area contributed by atoms with Gasteiger partial charge in [0.25, 0.3) is 0 Å². The van der Waals surface area contributed by atoms with Gasteiger partial charge in [0.1, 0.15) is 0 Å². The van der Waals surface area contributed by atoms with Crippen LogP contribution in [0, 0.1) is 0 Å². The van der Waals surface area contributed by atoms with Crippen molar-refractivity contribution in [3.8, 4) is 0 Å². The molecule has 126 valence electrons. The van der Waals surface area contributed by atoms with Crippen molar-refractivity contribution in [1.29, 1.82) is 0 Å². The van der Waals surface area contributed by atoms with Gasteiger partial charge in [0.2, 0.25) is 0 Å². The van der Waals surface area contributed by atoms with Crippen LogP contribution >= 0.6 is 7.60 Å². The summed E-state index contributed by atoms with van der Waals surface area (Å²) < 4.78 is 24.2. The third-order valence-electron chi connectivity index (χ3n) is 3.27. The van der Waals surface area contributed by atoms with Crippen LogP contribution in [0.4, 0.5) is 0 Å². The molecule has 0 aliphatic heterocycles. The summed E-state index contributed by atoms with van der Waals surface area (Å²) in [5.74, 6) is 0. The maximum Gasteiger partial charge on any atom is 0.361 e. The predicted octanol–water partition coefficient (Wildman–Crippen LogP) is 6.01. The summed E-state index contributed by atoms with van der Waals surface area (Å²) in [6.45, 7) is 4.27. The SMILES string of the molecule is CCOP(=O)(OCC)C(/C=C/c1ccccc1)=C/c1ccccc1. The summed E-state index contributed by atoms with van der Waals surface area (Å²) in [5.41, 5.74) is 1.97. The van der Waals surface area contributed by atoms with Gasteiger partial charge in [-0.15, -0.1) is 0 Å². The van der Waals surface area contributed by atoms with E-state index >= 15 is 0 Å². The maximum absolute atomic E-state index is 13.2. The molecule has 0 amide bonds. The first kappa shape index (κ1) is 18.4. The molecule has 0 bridgehead atoms. The number of rotatable bonds is 8. The molecule has 0 saturated heterocycles. The van der Waals surface area contributed by atoms with Gasteiger partial charge in [-0.05, 0) is 37.1 Å². The number of allylic oxidation sites excluding steroid dienone is 2. The van der Waals surface area contributed by atoms with Crippen molar-refractivity contribution in [3.05, 3.63) is 83.2 Å². The highest BCUT2D eigenvalue weighted by Crippen LogP contribution is 2.57. The van der Waals surface area contributed by atoms with E-state index in [1.807, 2.05) is 92.7 Å². The smallest absolute Gasteiger partial charge is 0.305 e. The number of hydrogen-bond donors (Lipinski definition) is 0. The fourth-order valence-electron chi connectivity index (χ4n) is 2.21. The highest BCUT2D eigenvalue weighted by molar-refractivity contribution is 7.59. The lowest BCUT2D eigenvalue weighted by Gasteiger charge is -2.18. The van der Waals surface area contributed by atoms with E-state index in [1.165, 1.54) is 0 Å². The highest BCUT2D eigenvalue weighted by atomic mass is 31.2. The van der Waals surface area contributed by atoms with Gasteiger partial charge < -0.3 is 9.05 Å². The van der Waals surface area contributed by atoms with Crippen LogP contribution in [0.5, 0.6) is 0 Å². The Hall–Kier alpha value is -1.93. The average molecular weight is 342 g/mol. The van der Waals surface area contributed by atoms with E-state index in [-0.39, 0.29) is 0 Å². The van der Waals surface area contributed by atoms with Crippen LogP contribution < -0.4 is 0 Å². The summed E-state index contributed by atoms with van der Waals surface area (Å²) >= 11 is 0. The second-order valence-corrected chi connectivity index (χ2v) is 7.08. The lowest BCUT2D eigenvalue weighted by molar-refractivity contribution is 0.227. The molecule has 0 saturated carbocycles. The van der Waals surface area contributed by atoms with Crippen LogP contribution in [0.2, 0.25) is 0 Å². The first-order valence-corrected chi connectivity index (χ1v) is 9.61. The van der Waals surface area contributed by atoms with Crippen LogP contribution in [0.3, 0.4) is 0 Å². The largest absolute Gasteiger partial charge is 0.361 e. The van der Waals surface area contributed by atoms with Crippen molar-refractivity contribution in [1.82, 2.24) is 0 Å². The normalized spacial score (nSPS) is 12.7. The molecule has 0 N–H and O–H groups in total. The van der Waals surface area contributed by atoms with Crippen molar-refractivity contribution < 1.29 is 13.6 Å². The van der Waals surface area contributed by atoms with Gasteiger partial charge in [0.05, 0.1) is 18.5 Å². The van der Waals surface area contributed by atoms with E-state index in [0.717, 1.165) is 11.1 Å². The fraction of sp³-hybridized carbons (Fsp3) is 0.200. The Morgan fingerprint density at radius 1 is 0.875 bits per heavy atom. The Labute approximate surface area is 144 Å². The molecule has 3 nitrogen and oxygen atoms in total. The van der Waals surface area contributed by atoms with Crippen molar-refractivity contribution in [2.75, 3.05) is 13.2 Å². The van der Waals surface area contributed by atoms with Crippen molar-refractivity contribution in [2.24, 2.45) is 0 Å². The van der Waals surface area contributed by atoms with E-state index < -0.39 is 7.60 Å². The topological polar surface area (TPSA) is 35.5 Å². The molecule has 0 heterocycles. The second-order valence-electron chi connectivity index (χ2n) is 5.06. The van der Waals surface area contributed by atoms with Gasteiger partial charge in [0, 0.05) is 0 Å². The minimum absolute atomic E-state index is 0.322. The first-order chi connectivity index (χ1) is 11.7. The second kappa shape index (κ2) is 9.39. The van der Waals surface area contributed by atoms with Crippen LogP contribution in [0.25, 0.3) is 12.2 Å². The zero-order chi connectivity index (χ0) is 17.3. The van der Waals surface area contributed by atoms with E-state index in [9.17, 15) is 4.57 Å².